The normalized spacial score (nSPS) is 12.6. The number of hydrogen-bond donors (Lipinski definition) is 0. The third-order valence-electron chi connectivity index (χ3n) is 9.33. The molecule has 0 fully saturated rings. The van der Waals surface area contributed by atoms with Crippen LogP contribution in [0.1, 0.15) is 214 Å². The average Bonchev–Trinajstić information content (AvgIpc) is 3.05. The van der Waals surface area contributed by atoms with E-state index in [0.717, 1.165) is 69.6 Å². The molecule has 278 valence electrons. The molecule has 0 aromatic heterocycles. The Morgan fingerprint density at radius 2 is 0.809 bits per heavy atom. The summed E-state index contributed by atoms with van der Waals surface area (Å²) in [6, 6.07) is 0. The molecule has 0 spiro atoms. The van der Waals surface area contributed by atoms with Crippen molar-refractivity contribution in [1.29, 1.82) is 0 Å². The Bertz CT molecular complexity index is 721. The van der Waals surface area contributed by atoms with Gasteiger partial charge in [0.05, 0.1) is 0 Å². The number of carbonyl (C=O) groups excluding carboxylic acids is 3. The Morgan fingerprint density at radius 1 is 0.447 bits per heavy atom. The first-order valence-electron chi connectivity index (χ1n) is 20.3. The molecule has 0 saturated heterocycles. The van der Waals surface area contributed by atoms with Crippen molar-refractivity contribution in [2.75, 3.05) is 13.2 Å². The second kappa shape index (κ2) is 34.3. The lowest BCUT2D eigenvalue weighted by molar-refractivity contribution is -0.167. The maximum Gasteiger partial charge on any atom is 0.306 e. The first-order chi connectivity index (χ1) is 22.8. The molecule has 0 aliphatic heterocycles. The van der Waals surface area contributed by atoms with Crippen LogP contribution in [0.4, 0.5) is 0 Å². The van der Waals surface area contributed by atoms with E-state index in [9.17, 15) is 14.4 Å². The number of carbonyl (C=O) groups is 3. The highest BCUT2D eigenvalue weighted by atomic mass is 16.6. The molecule has 0 rings (SSSR count). The lowest BCUT2D eigenvalue weighted by Crippen LogP contribution is -2.30. The van der Waals surface area contributed by atoms with Gasteiger partial charge in [-0.1, -0.05) is 176 Å². The quantitative estimate of drug-likeness (QED) is 0.0380. The van der Waals surface area contributed by atoms with Gasteiger partial charge in [0.2, 0.25) is 0 Å². The third kappa shape index (κ3) is 34.1. The molecule has 47 heavy (non-hydrogen) atoms. The Labute approximate surface area is 291 Å². The van der Waals surface area contributed by atoms with Crippen molar-refractivity contribution in [3.8, 4) is 0 Å². The van der Waals surface area contributed by atoms with Crippen LogP contribution in [0.5, 0.6) is 0 Å². The molecule has 0 heterocycles. The fourth-order valence-electron chi connectivity index (χ4n) is 5.84. The predicted molar refractivity (Wildman–Crippen MR) is 196 cm³/mol. The van der Waals surface area contributed by atoms with E-state index in [-0.39, 0.29) is 31.1 Å². The Morgan fingerprint density at radius 3 is 1.21 bits per heavy atom. The molecule has 0 aromatic carbocycles. The van der Waals surface area contributed by atoms with E-state index in [1.54, 1.807) is 0 Å². The van der Waals surface area contributed by atoms with Gasteiger partial charge in [-0.3, -0.25) is 14.4 Å². The molecule has 0 radical (unpaired) electrons. The van der Waals surface area contributed by atoms with Crippen LogP contribution in [0.15, 0.2) is 0 Å². The fourth-order valence-corrected chi connectivity index (χ4v) is 5.84. The molecule has 0 bridgehead atoms. The maximum absolute atomic E-state index is 12.6. The van der Waals surface area contributed by atoms with Gasteiger partial charge < -0.3 is 14.2 Å². The van der Waals surface area contributed by atoms with Gasteiger partial charge in [0.25, 0.3) is 0 Å². The average molecular weight is 667 g/mol. The summed E-state index contributed by atoms with van der Waals surface area (Å²) in [5.41, 5.74) is 0. The number of unbranched alkanes of at least 4 members (excludes halogenated alkanes) is 19. The van der Waals surface area contributed by atoms with Crippen molar-refractivity contribution in [3.63, 3.8) is 0 Å². The van der Waals surface area contributed by atoms with Crippen LogP contribution >= 0.6 is 0 Å². The summed E-state index contributed by atoms with van der Waals surface area (Å²) in [4.78, 5) is 37.4. The molecule has 0 aromatic rings. The van der Waals surface area contributed by atoms with E-state index >= 15 is 0 Å². The van der Waals surface area contributed by atoms with E-state index in [1.165, 1.54) is 103 Å². The Hall–Kier alpha value is -1.59. The largest absolute Gasteiger partial charge is 0.462 e. The van der Waals surface area contributed by atoms with E-state index < -0.39 is 6.10 Å². The molecular weight excluding hydrogens is 588 g/mol. The molecule has 0 amide bonds. The van der Waals surface area contributed by atoms with Gasteiger partial charge in [-0.25, -0.2) is 0 Å². The van der Waals surface area contributed by atoms with E-state index in [2.05, 4.69) is 34.6 Å². The summed E-state index contributed by atoms with van der Waals surface area (Å²) in [6.07, 6.45) is 29.6. The van der Waals surface area contributed by atoms with Gasteiger partial charge in [-0.05, 0) is 31.1 Å². The summed E-state index contributed by atoms with van der Waals surface area (Å²) in [7, 11) is 0. The molecular formula is C41H78O6. The van der Waals surface area contributed by atoms with Crippen LogP contribution in [0.2, 0.25) is 0 Å². The third-order valence-corrected chi connectivity index (χ3v) is 9.33. The molecule has 0 saturated carbocycles. The lowest BCUT2D eigenvalue weighted by Gasteiger charge is -2.18. The van der Waals surface area contributed by atoms with Crippen molar-refractivity contribution in [3.05, 3.63) is 0 Å². The number of esters is 3. The van der Waals surface area contributed by atoms with Crippen molar-refractivity contribution >= 4 is 17.9 Å². The van der Waals surface area contributed by atoms with E-state index in [4.69, 9.17) is 14.2 Å². The molecule has 0 N–H and O–H groups in total. The van der Waals surface area contributed by atoms with Gasteiger partial charge in [0.1, 0.15) is 13.2 Å². The summed E-state index contributed by atoms with van der Waals surface area (Å²) >= 11 is 0. The predicted octanol–water partition coefficient (Wildman–Crippen LogP) is 12.2. The van der Waals surface area contributed by atoms with Crippen LogP contribution in [-0.4, -0.2) is 37.2 Å². The highest BCUT2D eigenvalue weighted by molar-refractivity contribution is 5.71. The molecule has 6 nitrogen and oxygen atoms in total. The second-order valence-corrected chi connectivity index (χ2v) is 14.6. The van der Waals surface area contributed by atoms with Crippen LogP contribution in [0.3, 0.4) is 0 Å². The van der Waals surface area contributed by atoms with Gasteiger partial charge in [0.15, 0.2) is 6.10 Å². The van der Waals surface area contributed by atoms with Crippen molar-refractivity contribution < 1.29 is 28.6 Å². The molecule has 0 aliphatic rings. The van der Waals surface area contributed by atoms with Crippen molar-refractivity contribution in [1.82, 2.24) is 0 Å². The first-order valence-corrected chi connectivity index (χ1v) is 20.3. The summed E-state index contributed by atoms with van der Waals surface area (Å²) in [5.74, 6) is 0.720. The highest BCUT2D eigenvalue weighted by Gasteiger charge is 2.19. The highest BCUT2D eigenvalue weighted by Crippen LogP contribution is 2.16. The van der Waals surface area contributed by atoms with Gasteiger partial charge >= 0.3 is 17.9 Å². The van der Waals surface area contributed by atoms with Crippen molar-refractivity contribution in [2.24, 2.45) is 11.8 Å². The minimum atomic E-state index is -0.759. The zero-order valence-corrected chi connectivity index (χ0v) is 31.9. The molecule has 1 unspecified atom stereocenters. The second-order valence-electron chi connectivity index (χ2n) is 14.6. The van der Waals surface area contributed by atoms with Crippen molar-refractivity contribution in [2.45, 2.75) is 221 Å². The molecule has 0 aliphatic carbocycles. The Balaban J connectivity index is 4.38. The summed E-state index contributed by atoms with van der Waals surface area (Å²) in [6.45, 7) is 11.2. The smallest absolute Gasteiger partial charge is 0.306 e. The topological polar surface area (TPSA) is 78.9 Å². The Kier molecular flexibility index (Phi) is 33.1. The van der Waals surface area contributed by atoms with Crippen LogP contribution in [0, 0.1) is 11.8 Å². The summed E-state index contributed by atoms with van der Waals surface area (Å²) in [5, 5.41) is 0. The zero-order chi connectivity index (χ0) is 34.8. The van der Waals surface area contributed by atoms with Gasteiger partial charge in [0, 0.05) is 19.3 Å². The lowest BCUT2D eigenvalue weighted by atomic mass is 10.00. The first kappa shape index (κ1) is 45.4. The standard InChI is InChI=1S/C41H78O6/c1-6-8-9-10-11-12-15-21-26-31-39(42)45-34-38(47-41(44)33-28-23-16-13-14-19-24-29-36(3)4)35-46-40(43)32-27-22-18-17-20-25-30-37(5)7-2/h36-38H,6-35H2,1-5H3/t37?,38-/m1/s1. The monoisotopic (exact) mass is 667 g/mol. The number of ether oxygens (including phenoxy) is 3. The van der Waals surface area contributed by atoms with Gasteiger partial charge in [-0.15, -0.1) is 0 Å². The minimum Gasteiger partial charge on any atom is -0.462 e. The maximum atomic E-state index is 12.6. The van der Waals surface area contributed by atoms with Crippen LogP contribution in [0.25, 0.3) is 0 Å². The number of rotatable bonds is 35. The van der Waals surface area contributed by atoms with Crippen LogP contribution < -0.4 is 0 Å². The van der Waals surface area contributed by atoms with Crippen LogP contribution in [-0.2, 0) is 28.6 Å². The van der Waals surface area contributed by atoms with Gasteiger partial charge in [-0.2, -0.15) is 0 Å². The SMILES string of the molecule is CCCCCCCCCCCC(=O)OC[C@H](COC(=O)CCCCCCCCC(C)CC)OC(=O)CCCCCCCCCC(C)C. The van der Waals surface area contributed by atoms with E-state index in [1.807, 2.05) is 0 Å². The fraction of sp³-hybridized carbons (Fsp3) is 0.927. The summed E-state index contributed by atoms with van der Waals surface area (Å²) < 4.78 is 16.6. The molecule has 2 atom stereocenters. The van der Waals surface area contributed by atoms with E-state index in [0.29, 0.717) is 19.3 Å². The number of hydrogen-bond acceptors (Lipinski definition) is 6. The minimum absolute atomic E-state index is 0.0672. The molecule has 6 heteroatoms. The zero-order valence-electron chi connectivity index (χ0n) is 31.9.